The first kappa shape index (κ1) is 17.8. The highest BCUT2D eigenvalue weighted by molar-refractivity contribution is 5.91. The third kappa shape index (κ3) is 4.48. The number of nitriles is 1. The quantitative estimate of drug-likeness (QED) is 0.823. The van der Waals surface area contributed by atoms with Crippen molar-refractivity contribution in [2.45, 2.75) is 13.0 Å². The van der Waals surface area contributed by atoms with E-state index in [9.17, 15) is 14.7 Å². The summed E-state index contributed by atoms with van der Waals surface area (Å²) < 4.78 is 5.16. The number of hydrogen-bond donors (Lipinski definition) is 2. The predicted octanol–water partition coefficient (Wildman–Crippen LogP) is 1.43. The second-order valence-electron chi connectivity index (χ2n) is 5.23. The van der Waals surface area contributed by atoms with Crippen LogP contribution in [-0.4, -0.2) is 19.0 Å². The van der Waals surface area contributed by atoms with Crippen molar-refractivity contribution >= 4 is 23.3 Å². The van der Waals surface area contributed by atoms with Crippen LogP contribution in [0.4, 0.5) is 11.4 Å². The Labute approximate surface area is 144 Å². The molecule has 0 radical (unpaired) electrons. The average Bonchev–Trinajstić information content (AvgIpc) is 2.59. The molecule has 1 atom stereocenters. The number of carboxylic acids is 1. The number of carbonyl (C=O) groups is 2. The molecule has 1 amide bonds. The second kappa shape index (κ2) is 7.84. The van der Waals surface area contributed by atoms with E-state index in [1.807, 2.05) is 6.07 Å². The Morgan fingerprint density at radius 1 is 1.20 bits per heavy atom. The first-order valence-electron chi connectivity index (χ1n) is 7.37. The van der Waals surface area contributed by atoms with Crippen molar-refractivity contribution in [1.82, 2.24) is 0 Å². The lowest BCUT2D eigenvalue weighted by Gasteiger charge is -2.22. The Morgan fingerprint density at radius 2 is 1.88 bits per heavy atom. The smallest absolute Gasteiger partial charge is 0.221 e. The Morgan fingerprint density at radius 3 is 2.40 bits per heavy atom. The molecule has 0 aromatic heterocycles. The molecular formula is C18H16N3O4-. The Kier molecular flexibility index (Phi) is 5.58. The number of ether oxygens (including phenoxy) is 1. The summed E-state index contributed by atoms with van der Waals surface area (Å²) in [5, 5.41) is 25.8. The summed E-state index contributed by atoms with van der Waals surface area (Å²) in [5.74, 6) is -1.22. The van der Waals surface area contributed by atoms with Gasteiger partial charge in [-0.05, 0) is 42.0 Å². The number of aliphatic carboxylic acids is 1. The van der Waals surface area contributed by atoms with Crippen LogP contribution in [0.3, 0.4) is 0 Å². The van der Waals surface area contributed by atoms with Gasteiger partial charge in [0.25, 0.3) is 0 Å². The van der Waals surface area contributed by atoms with Crippen LogP contribution in [0.5, 0.6) is 5.75 Å². The van der Waals surface area contributed by atoms with Gasteiger partial charge in [-0.15, -0.1) is 0 Å². The molecule has 2 rings (SSSR count). The van der Waals surface area contributed by atoms with E-state index in [-0.39, 0.29) is 5.91 Å². The minimum atomic E-state index is -1.33. The van der Waals surface area contributed by atoms with Gasteiger partial charge < -0.3 is 25.3 Å². The number of carbonyl (C=O) groups excluding carboxylic acids is 2. The maximum Gasteiger partial charge on any atom is 0.221 e. The van der Waals surface area contributed by atoms with Gasteiger partial charge in [-0.3, -0.25) is 4.79 Å². The van der Waals surface area contributed by atoms with Crippen LogP contribution in [0, 0.1) is 11.3 Å². The Hall–Kier alpha value is -3.53. The lowest BCUT2D eigenvalue weighted by atomic mass is 10.0. The maximum atomic E-state index is 11.6. The first-order valence-corrected chi connectivity index (χ1v) is 7.37. The van der Waals surface area contributed by atoms with Crippen molar-refractivity contribution in [3.05, 3.63) is 53.6 Å². The van der Waals surface area contributed by atoms with E-state index in [0.29, 0.717) is 28.3 Å². The van der Waals surface area contributed by atoms with E-state index in [0.717, 1.165) is 0 Å². The number of nitrogens with zero attached hydrogens (tertiary/aromatic N) is 1. The van der Waals surface area contributed by atoms with Crippen LogP contribution in [-0.2, 0) is 9.59 Å². The van der Waals surface area contributed by atoms with E-state index < -0.39 is 12.0 Å². The summed E-state index contributed by atoms with van der Waals surface area (Å²) in [6.07, 6.45) is 0. The predicted molar refractivity (Wildman–Crippen MR) is 89.8 cm³/mol. The molecule has 25 heavy (non-hydrogen) atoms. The summed E-state index contributed by atoms with van der Waals surface area (Å²) in [6.45, 7) is 1.34. The lowest BCUT2D eigenvalue weighted by molar-refractivity contribution is -0.307. The Bertz CT molecular complexity index is 825. The number of anilines is 2. The van der Waals surface area contributed by atoms with Gasteiger partial charge in [0, 0.05) is 12.6 Å². The van der Waals surface area contributed by atoms with Gasteiger partial charge >= 0.3 is 0 Å². The van der Waals surface area contributed by atoms with Gasteiger partial charge in [0.1, 0.15) is 5.75 Å². The fourth-order valence-corrected chi connectivity index (χ4v) is 2.28. The van der Waals surface area contributed by atoms with Crippen molar-refractivity contribution in [1.29, 1.82) is 5.26 Å². The molecule has 2 aromatic rings. The molecule has 0 bridgehead atoms. The van der Waals surface area contributed by atoms with E-state index in [4.69, 9.17) is 10.00 Å². The second-order valence-corrected chi connectivity index (χ2v) is 5.23. The van der Waals surface area contributed by atoms with Gasteiger partial charge in [-0.1, -0.05) is 6.07 Å². The van der Waals surface area contributed by atoms with Gasteiger partial charge in [0.2, 0.25) is 5.91 Å². The molecule has 0 heterocycles. The molecule has 7 nitrogen and oxygen atoms in total. The van der Waals surface area contributed by atoms with Crippen LogP contribution < -0.4 is 20.5 Å². The highest BCUT2D eigenvalue weighted by atomic mass is 16.5. The molecular weight excluding hydrogens is 322 g/mol. The third-order valence-corrected chi connectivity index (χ3v) is 3.43. The molecule has 2 N–H and O–H groups in total. The molecule has 0 spiro atoms. The van der Waals surface area contributed by atoms with Crippen molar-refractivity contribution in [3.8, 4) is 11.8 Å². The van der Waals surface area contributed by atoms with Gasteiger partial charge in [0.15, 0.2) is 0 Å². The number of carboxylic acid groups (broad SMARTS) is 1. The number of methoxy groups -OCH3 is 1. The largest absolute Gasteiger partial charge is 0.548 e. The van der Waals surface area contributed by atoms with Crippen LogP contribution in [0.25, 0.3) is 0 Å². The molecule has 0 saturated heterocycles. The van der Waals surface area contributed by atoms with Crippen LogP contribution in [0.15, 0.2) is 42.5 Å². The molecule has 128 valence electrons. The monoisotopic (exact) mass is 338 g/mol. The van der Waals surface area contributed by atoms with Crippen LogP contribution in [0.1, 0.15) is 24.1 Å². The number of rotatable bonds is 6. The zero-order chi connectivity index (χ0) is 18.4. The number of hydrogen-bond acceptors (Lipinski definition) is 6. The fourth-order valence-electron chi connectivity index (χ4n) is 2.28. The molecule has 0 aliphatic carbocycles. The standard InChI is InChI=1S/C18H17N3O4/c1-11(22)20-15-9-13(5-8-16(15)25-2)17(18(23)24)21-14-6-3-12(10-19)4-7-14/h3-9,17,21H,1-2H3,(H,20,22)(H,23,24)/p-1. The minimum Gasteiger partial charge on any atom is -0.548 e. The summed E-state index contributed by atoms with van der Waals surface area (Å²) in [6, 6.07) is 11.8. The maximum absolute atomic E-state index is 11.6. The summed E-state index contributed by atoms with van der Waals surface area (Å²) >= 11 is 0. The molecule has 1 unspecified atom stereocenters. The zero-order valence-corrected chi connectivity index (χ0v) is 13.7. The number of benzene rings is 2. The van der Waals surface area contributed by atoms with Crippen molar-refractivity contribution in [3.63, 3.8) is 0 Å². The average molecular weight is 338 g/mol. The topological polar surface area (TPSA) is 114 Å². The number of amides is 1. The van der Waals surface area contributed by atoms with Gasteiger partial charge in [0.05, 0.1) is 36.4 Å². The summed E-state index contributed by atoms with van der Waals surface area (Å²) in [7, 11) is 1.45. The molecule has 7 heteroatoms. The van der Waals surface area contributed by atoms with E-state index in [2.05, 4.69) is 10.6 Å². The highest BCUT2D eigenvalue weighted by Crippen LogP contribution is 2.29. The third-order valence-electron chi connectivity index (χ3n) is 3.43. The molecule has 0 fully saturated rings. The molecule has 0 aliphatic rings. The van der Waals surface area contributed by atoms with Crippen molar-refractivity contribution < 1.29 is 19.4 Å². The van der Waals surface area contributed by atoms with Crippen LogP contribution in [0.2, 0.25) is 0 Å². The SMILES string of the molecule is COc1ccc(C(Nc2ccc(C#N)cc2)C(=O)[O-])cc1NC(C)=O. The van der Waals surface area contributed by atoms with Crippen molar-refractivity contribution in [2.24, 2.45) is 0 Å². The van der Waals surface area contributed by atoms with Crippen molar-refractivity contribution in [2.75, 3.05) is 17.7 Å². The summed E-state index contributed by atoms with van der Waals surface area (Å²) in [5.41, 5.74) is 1.73. The zero-order valence-electron chi connectivity index (χ0n) is 13.7. The fraction of sp³-hybridized carbons (Fsp3) is 0.167. The first-order chi connectivity index (χ1) is 11.9. The Balaban J connectivity index is 2.34. The highest BCUT2D eigenvalue weighted by Gasteiger charge is 2.16. The minimum absolute atomic E-state index is 0.305. The molecule has 2 aromatic carbocycles. The van der Waals surface area contributed by atoms with Crippen LogP contribution >= 0.6 is 0 Å². The van der Waals surface area contributed by atoms with Gasteiger partial charge in [-0.2, -0.15) is 5.26 Å². The van der Waals surface area contributed by atoms with E-state index in [1.165, 1.54) is 20.1 Å². The van der Waals surface area contributed by atoms with Gasteiger partial charge in [-0.25, -0.2) is 0 Å². The lowest BCUT2D eigenvalue weighted by Crippen LogP contribution is -2.34. The normalized spacial score (nSPS) is 11.1. The summed E-state index contributed by atoms with van der Waals surface area (Å²) in [4.78, 5) is 22.9. The number of nitrogens with one attached hydrogen (secondary N) is 2. The van der Waals surface area contributed by atoms with E-state index in [1.54, 1.807) is 36.4 Å². The molecule has 0 aliphatic heterocycles. The molecule has 0 saturated carbocycles. The van der Waals surface area contributed by atoms with E-state index >= 15 is 0 Å².